The number of ether oxygens (including phenoxy) is 1. The monoisotopic (exact) mass is 453 g/mol. The number of carbonyl (C=O) groups excluding carboxylic acids is 3. The molecule has 0 fully saturated rings. The van der Waals surface area contributed by atoms with E-state index in [0.29, 0.717) is 19.5 Å². The number of amides is 3. The van der Waals surface area contributed by atoms with Crippen molar-refractivity contribution in [2.45, 2.75) is 39.2 Å². The summed E-state index contributed by atoms with van der Waals surface area (Å²) in [6, 6.07) is 7.61. The molecule has 0 aliphatic rings. The first kappa shape index (κ1) is 23.7. The van der Waals surface area contributed by atoms with Gasteiger partial charge in [-0.1, -0.05) is 34.1 Å². The lowest BCUT2D eigenvalue weighted by Gasteiger charge is -2.19. The first-order valence-corrected chi connectivity index (χ1v) is 9.90. The molecular weight excluding hydrogens is 426 g/mol. The van der Waals surface area contributed by atoms with Gasteiger partial charge in [0.15, 0.2) is 0 Å². The summed E-state index contributed by atoms with van der Waals surface area (Å²) in [6.07, 6.45) is 3.44. The Bertz CT molecular complexity index is 699. The van der Waals surface area contributed by atoms with Crippen molar-refractivity contribution in [2.75, 3.05) is 19.6 Å². The van der Waals surface area contributed by atoms with Crippen LogP contribution in [0.2, 0.25) is 0 Å². The lowest BCUT2D eigenvalue weighted by molar-refractivity contribution is -0.120. The second-order valence-corrected chi connectivity index (χ2v) is 7.88. The van der Waals surface area contributed by atoms with E-state index in [4.69, 9.17) is 4.74 Å². The third kappa shape index (κ3) is 11.4. The predicted octanol–water partition coefficient (Wildman–Crippen LogP) is 3.00. The van der Waals surface area contributed by atoms with Crippen LogP contribution in [-0.4, -0.2) is 43.1 Å². The van der Waals surface area contributed by atoms with E-state index in [9.17, 15) is 14.4 Å². The number of rotatable bonds is 9. The van der Waals surface area contributed by atoms with Gasteiger partial charge >= 0.3 is 6.09 Å². The summed E-state index contributed by atoms with van der Waals surface area (Å²) >= 11 is 3.42. The van der Waals surface area contributed by atoms with Gasteiger partial charge in [0.1, 0.15) is 5.60 Å². The fraction of sp³-hybridized carbons (Fsp3) is 0.450. The summed E-state index contributed by atoms with van der Waals surface area (Å²) in [4.78, 5) is 34.9. The Morgan fingerprint density at radius 1 is 1.04 bits per heavy atom. The Kier molecular flexibility index (Phi) is 10.3. The van der Waals surface area contributed by atoms with Crippen LogP contribution in [0.25, 0.3) is 6.08 Å². The van der Waals surface area contributed by atoms with Gasteiger partial charge in [-0.05, 0) is 44.9 Å². The highest BCUT2D eigenvalue weighted by molar-refractivity contribution is 9.10. The highest BCUT2D eigenvalue weighted by atomic mass is 79.9. The van der Waals surface area contributed by atoms with Gasteiger partial charge in [0.25, 0.3) is 0 Å². The Morgan fingerprint density at radius 3 is 2.39 bits per heavy atom. The van der Waals surface area contributed by atoms with Gasteiger partial charge in [0, 0.05) is 36.6 Å². The van der Waals surface area contributed by atoms with E-state index in [2.05, 4.69) is 31.9 Å². The summed E-state index contributed by atoms with van der Waals surface area (Å²) in [7, 11) is 0. The molecule has 0 saturated heterocycles. The topological polar surface area (TPSA) is 96.5 Å². The molecule has 1 aromatic rings. The summed E-state index contributed by atoms with van der Waals surface area (Å²) in [6.45, 7) is 6.42. The van der Waals surface area contributed by atoms with E-state index in [1.165, 1.54) is 6.08 Å². The average molecular weight is 454 g/mol. The van der Waals surface area contributed by atoms with E-state index in [0.717, 1.165) is 10.0 Å². The summed E-state index contributed by atoms with van der Waals surface area (Å²) in [5, 5.41) is 8.03. The molecule has 3 N–H and O–H groups in total. The van der Waals surface area contributed by atoms with Crippen molar-refractivity contribution < 1.29 is 19.1 Å². The third-order valence-corrected chi connectivity index (χ3v) is 4.04. The maximum atomic E-state index is 11.8. The van der Waals surface area contributed by atoms with Crippen LogP contribution < -0.4 is 16.0 Å². The van der Waals surface area contributed by atoms with Gasteiger partial charge in [0.05, 0.1) is 0 Å². The largest absolute Gasteiger partial charge is 0.444 e. The van der Waals surface area contributed by atoms with Crippen LogP contribution in [0.1, 0.15) is 39.2 Å². The highest BCUT2D eigenvalue weighted by Crippen LogP contribution is 2.16. The standard InChI is InChI=1S/C20H28BrN3O4/c1-20(2,3)28-19(27)24-14-11-18(26)23-13-6-12-22-17(25)10-9-15-7-4-5-8-16(15)21/h4-5,7-10H,6,11-14H2,1-3H3,(H,22,25)(H,23,26)(H,24,27)/b10-9+. The van der Waals surface area contributed by atoms with E-state index in [1.807, 2.05) is 24.3 Å². The van der Waals surface area contributed by atoms with Gasteiger partial charge in [-0.3, -0.25) is 9.59 Å². The molecule has 1 aromatic carbocycles. The molecule has 3 amide bonds. The molecule has 0 heterocycles. The van der Waals surface area contributed by atoms with Crippen LogP contribution in [0.3, 0.4) is 0 Å². The van der Waals surface area contributed by atoms with Gasteiger partial charge in [-0.15, -0.1) is 0 Å². The Morgan fingerprint density at radius 2 is 1.71 bits per heavy atom. The summed E-state index contributed by atoms with van der Waals surface area (Å²) in [5.74, 6) is -0.361. The van der Waals surface area contributed by atoms with E-state index in [-0.39, 0.29) is 24.8 Å². The lowest BCUT2D eigenvalue weighted by Crippen LogP contribution is -2.35. The minimum absolute atomic E-state index is 0.167. The number of nitrogens with one attached hydrogen (secondary N) is 3. The molecule has 0 aliphatic carbocycles. The van der Waals surface area contributed by atoms with Crippen molar-refractivity contribution in [3.8, 4) is 0 Å². The van der Waals surface area contributed by atoms with Crippen molar-refractivity contribution in [2.24, 2.45) is 0 Å². The van der Waals surface area contributed by atoms with Crippen molar-refractivity contribution in [1.29, 1.82) is 0 Å². The van der Waals surface area contributed by atoms with Crippen molar-refractivity contribution in [3.05, 3.63) is 40.4 Å². The fourth-order valence-corrected chi connectivity index (χ4v) is 2.46. The molecule has 0 atom stereocenters. The second kappa shape index (κ2) is 12.2. The first-order chi connectivity index (χ1) is 13.2. The molecule has 0 aromatic heterocycles. The van der Waals surface area contributed by atoms with Gasteiger partial charge in [-0.25, -0.2) is 4.79 Å². The minimum atomic E-state index is -0.566. The van der Waals surface area contributed by atoms with Crippen LogP contribution >= 0.6 is 15.9 Å². The average Bonchev–Trinajstić information content (AvgIpc) is 2.59. The molecule has 0 spiro atoms. The quantitative estimate of drug-likeness (QED) is 0.395. The van der Waals surface area contributed by atoms with Crippen LogP contribution in [0.5, 0.6) is 0 Å². The third-order valence-electron chi connectivity index (χ3n) is 3.31. The SMILES string of the molecule is CC(C)(C)OC(=O)NCCC(=O)NCCCNC(=O)/C=C/c1ccccc1Br. The highest BCUT2D eigenvalue weighted by Gasteiger charge is 2.15. The molecule has 28 heavy (non-hydrogen) atoms. The molecule has 0 saturated carbocycles. The number of hydrogen-bond donors (Lipinski definition) is 3. The van der Waals surface area contributed by atoms with E-state index in [1.54, 1.807) is 26.8 Å². The van der Waals surface area contributed by atoms with Crippen molar-refractivity contribution in [3.63, 3.8) is 0 Å². The smallest absolute Gasteiger partial charge is 0.407 e. The molecule has 154 valence electrons. The molecule has 8 heteroatoms. The molecule has 1 rings (SSSR count). The molecular formula is C20H28BrN3O4. The number of benzene rings is 1. The molecule has 0 aliphatic heterocycles. The predicted molar refractivity (Wildman–Crippen MR) is 113 cm³/mol. The number of alkyl carbamates (subject to hydrolysis) is 1. The normalized spacial score (nSPS) is 11.1. The molecule has 0 bridgehead atoms. The maximum absolute atomic E-state index is 11.8. The van der Waals surface area contributed by atoms with Crippen LogP contribution in [0, 0.1) is 0 Å². The Labute approximate surface area is 174 Å². The Balaban J connectivity index is 2.10. The minimum Gasteiger partial charge on any atom is -0.444 e. The zero-order valence-corrected chi connectivity index (χ0v) is 18.1. The molecule has 7 nitrogen and oxygen atoms in total. The molecule has 0 unspecified atom stereocenters. The van der Waals surface area contributed by atoms with Crippen molar-refractivity contribution >= 4 is 39.9 Å². The van der Waals surface area contributed by atoms with Gasteiger partial charge in [-0.2, -0.15) is 0 Å². The first-order valence-electron chi connectivity index (χ1n) is 9.11. The number of halogens is 1. The number of carbonyl (C=O) groups is 3. The van der Waals surface area contributed by atoms with E-state index < -0.39 is 11.7 Å². The van der Waals surface area contributed by atoms with E-state index >= 15 is 0 Å². The molecule has 0 radical (unpaired) electrons. The zero-order chi connectivity index (χ0) is 21.0. The number of hydrogen-bond acceptors (Lipinski definition) is 4. The van der Waals surface area contributed by atoms with Crippen molar-refractivity contribution in [1.82, 2.24) is 16.0 Å². The lowest BCUT2D eigenvalue weighted by atomic mass is 10.2. The second-order valence-electron chi connectivity index (χ2n) is 7.03. The summed E-state index contributed by atoms with van der Waals surface area (Å²) < 4.78 is 6.00. The van der Waals surface area contributed by atoms with Gasteiger partial charge < -0.3 is 20.7 Å². The Hall–Kier alpha value is -2.35. The van der Waals surface area contributed by atoms with Crippen LogP contribution in [0.4, 0.5) is 4.79 Å². The summed E-state index contributed by atoms with van der Waals surface area (Å²) in [5.41, 5.74) is 0.355. The van der Waals surface area contributed by atoms with Gasteiger partial charge in [0.2, 0.25) is 11.8 Å². The zero-order valence-electron chi connectivity index (χ0n) is 16.5. The maximum Gasteiger partial charge on any atom is 0.407 e. The fourth-order valence-electron chi connectivity index (χ4n) is 2.04. The van der Waals surface area contributed by atoms with Crippen LogP contribution in [0.15, 0.2) is 34.8 Å². The van der Waals surface area contributed by atoms with Crippen LogP contribution in [-0.2, 0) is 14.3 Å².